The first-order valence-electron chi connectivity index (χ1n) is 10.4. The van der Waals surface area contributed by atoms with Gasteiger partial charge in [0.2, 0.25) is 10.0 Å². The number of aromatic nitrogens is 2. The Hall–Kier alpha value is -3.52. The number of fused-ring (bicyclic) bond motifs is 1. The van der Waals surface area contributed by atoms with Crippen LogP contribution in [-0.4, -0.2) is 23.7 Å². The third-order valence-corrected chi connectivity index (χ3v) is 6.66. The molecule has 0 amide bonds. The van der Waals surface area contributed by atoms with Gasteiger partial charge in [0.25, 0.3) is 5.56 Å². The minimum absolute atomic E-state index is 0.0354. The minimum atomic E-state index is -3.45. The van der Waals surface area contributed by atoms with Gasteiger partial charge in [-0.2, -0.15) is 0 Å². The van der Waals surface area contributed by atoms with E-state index in [1.807, 2.05) is 30.3 Å². The third kappa shape index (κ3) is 4.27. The summed E-state index contributed by atoms with van der Waals surface area (Å²) >= 11 is 0. The average molecular weight is 452 g/mol. The summed E-state index contributed by atoms with van der Waals surface area (Å²) in [6.07, 6.45) is 4.33. The molecule has 2 heterocycles. The number of benzene rings is 2. The maximum atomic E-state index is 12.5. The Morgan fingerprint density at radius 3 is 2.62 bits per heavy atom. The first kappa shape index (κ1) is 21.7. The van der Waals surface area contributed by atoms with Crippen LogP contribution in [-0.2, 0) is 23.5 Å². The number of nitrogens with zero attached hydrogens (tertiary/aromatic N) is 1. The SMILES string of the molecule is CCc1cccc(Oc2ccc(NS(=O)(=O)CC)cc2-c2cn(C)c(=O)c3[nH]ccc23)c1. The van der Waals surface area contributed by atoms with Crippen LogP contribution in [0.25, 0.3) is 22.0 Å². The van der Waals surface area contributed by atoms with E-state index in [4.69, 9.17) is 4.74 Å². The molecule has 0 unspecified atom stereocenters. The number of anilines is 1. The Labute approximate surface area is 186 Å². The predicted octanol–water partition coefficient (Wildman–Crippen LogP) is 4.65. The molecule has 0 bridgehead atoms. The van der Waals surface area contributed by atoms with E-state index < -0.39 is 10.0 Å². The van der Waals surface area contributed by atoms with Crippen molar-refractivity contribution in [1.82, 2.24) is 9.55 Å². The molecule has 32 heavy (non-hydrogen) atoms. The highest BCUT2D eigenvalue weighted by atomic mass is 32.2. The number of nitrogens with one attached hydrogen (secondary N) is 2. The maximum absolute atomic E-state index is 12.5. The normalized spacial score (nSPS) is 11.6. The lowest BCUT2D eigenvalue weighted by atomic mass is 10.0. The summed E-state index contributed by atoms with van der Waals surface area (Å²) in [5.41, 5.74) is 3.32. The fourth-order valence-corrected chi connectivity index (χ4v) is 4.21. The van der Waals surface area contributed by atoms with Crippen LogP contribution in [0.2, 0.25) is 0 Å². The third-order valence-electron chi connectivity index (χ3n) is 5.35. The fraction of sp³-hybridized carbons (Fsp3) is 0.208. The van der Waals surface area contributed by atoms with Gasteiger partial charge in [-0.05, 0) is 55.3 Å². The van der Waals surface area contributed by atoms with Crippen LogP contribution in [0.5, 0.6) is 11.5 Å². The molecule has 0 aliphatic rings. The summed E-state index contributed by atoms with van der Waals surface area (Å²) in [5.74, 6) is 1.20. The summed E-state index contributed by atoms with van der Waals surface area (Å²) in [4.78, 5) is 15.5. The number of sulfonamides is 1. The topological polar surface area (TPSA) is 93.2 Å². The number of pyridine rings is 1. The van der Waals surface area contributed by atoms with Crippen molar-refractivity contribution in [3.05, 3.63) is 76.8 Å². The van der Waals surface area contributed by atoms with Gasteiger partial charge in [0, 0.05) is 41.6 Å². The number of aryl methyl sites for hydroxylation is 2. The molecule has 4 rings (SSSR count). The van der Waals surface area contributed by atoms with Crippen LogP contribution in [0.3, 0.4) is 0 Å². The molecule has 0 atom stereocenters. The predicted molar refractivity (Wildman–Crippen MR) is 128 cm³/mol. The van der Waals surface area contributed by atoms with Crippen molar-refractivity contribution in [1.29, 1.82) is 0 Å². The van der Waals surface area contributed by atoms with E-state index in [0.717, 1.165) is 22.9 Å². The summed E-state index contributed by atoms with van der Waals surface area (Å²) < 4.78 is 34.6. The van der Waals surface area contributed by atoms with E-state index in [-0.39, 0.29) is 11.3 Å². The number of aromatic amines is 1. The quantitative estimate of drug-likeness (QED) is 0.428. The molecular formula is C24H25N3O4S. The van der Waals surface area contributed by atoms with E-state index in [1.54, 1.807) is 44.6 Å². The van der Waals surface area contributed by atoms with Crippen LogP contribution in [0.1, 0.15) is 19.4 Å². The molecule has 166 valence electrons. The standard InChI is InChI=1S/C24H25N3O4S/c1-4-16-7-6-8-18(13-16)31-22-10-9-17(26-32(29,30)5-2)14-20(22)21-15-27(3)24(28)23-19(21)11-12-25-23/h6-15,25-26H,4-5H2,1-3H3. The second kappa shape index (κ2) is 8.55. The molecule has 2 aromatic carbocycles. The van der Waals surface area contributed by atoms with Gasteiger partial charge in [0.15, 0.2) is 0 Å². The molecule has 2 N–H and O–H groups in total. The summed E-state index contributed by atoms with van der Waals surface area (Å²) in [6.45, 7) is 3.66. The van der Waals surface area contributed by atoms with Crippen molar-refractivity contribution in [2.45, 2.75) is 20.3 Å². The van der Waals surface area contributed by atoms with Crippen LogP contribution in [0.15, 0.2) is 65.7 Å². The number of H-pyrrole nitrogens is 1. The van der Waals surface area contributed by atoms with Gasteiger partial charge < -0.3 is 14.3 Å². The molecule has 8 heteroatoms. The zero-order valence-electron chi connectivity index (χ0n) is 18.2. The van der Waals surface area contributed by atoms with Gasteiger partial charge in [-0.25, -0.2) is 8.42 Å². The van der Waals surface area contributed by atoms with Crippen molar-refractivity contribution >= 4 is 26.6 Å². The smallest absolute Gasteiger partial charge is 0.274 e. The fourth-order valence-electron chi connectivity index (χ4n) is 3.58. The number of hydrogen-bond donors (Lipinski definition) is 2. The molecule has 0 radical (unpaired) electrons. The van der Waals surface area contributed by atoms with Crippen LogP contribution in [0, 0.1) is 0 Å². The zero-order chi connectivity index (χ0) is 22.9. The Kier molecular flexibility index (Phi) is 5.80. The van der Waals surface area contributed by atoms with Crippen LogP contribution < -0.4 is 15.0 Å². The Morgan fingerprint density at radius 1 is 1.06 bits per heavy atom. The molecule has 0 saturated carbocycles. The van der Waals surface area contributed by atoms with E-state index >= 15 is 0 Å². The molecule has 0 aliphatic heterocycles. The van der Waals surface area contributed by atoms with Gasteiger partial charge >= 0.3 is 0 Å². The van der Waals surface area contributed by atoms with Gasteiger partial charge in [-0.3, -0.25) is 9.52 Å². The first-order chi connectivity index (χ1) is 15.3. The maximum Gasteiger partial charge on any atom is 0.274 e. The monoisotopic (exact) mass is 451 g/mol. The molecule has 2 aromatic heterocycles. The van der Waals surface area contributed by atoms with Gasteiger partial charge in [0.05, 0.1) is 5.75 Å². The van der Waals surface area contributed by atoms with Gasteiger partial charge in [-0.1, -0.05) is 19.1 Å². The Balaban J connectivity index is 1.90. The minimum Gasteiger partial charge on any atom is -0.457 e. The van der Waals surface area contributed by atoms with E-state index in [2.05, 4.69) is 16.6 Å². The van der Waals surface area contributed by atoms with E-state index in [1.165, 1.54) is 4.57 Å². The van der Waals surface area contributed by atoms with Crippen LogP contribution in [0.4, 0.5) is 5.69 Å². The molecule has 0 fully saturated rings. The highest BCUT2D eigenvalue weighted by molar-refractivity contribution is 7.92. The lowest BCUT2D eigenvalue weighted by Gasteiger charge is -2.16. The Bertz CT molecular complexity index is 1450. The molecule has 0 aliphatic carbocycles. The lowest BCUT2D eigenvalue weighted by Crippen LogP contribution is -2.17. The molecular weight excluding hydrogens is 426 g/mol. The van der Waals surface area contributed by atoms with E-state index in [0.29, 0.717) is 28.3 Å². The number of rotatable bonds is 7. The van der Waals surface area contributed by atoms with Crippen LogP contribution >= 0.6 is 0 Å². The summed E-state index contributed by atoms with van der Waals surface area (Å²) in [6, 6.07) is 14.8. The first-order valence-corrected chi connectivity index (χ1v) is 12.0. The summed E-state index contributed by atoms with van der Waals surface area (Å²) in [5, 5.41) is 0.732. The van der Waals surface area contributed by atoms with Crippen molar-refractivity contribution < 1.29 is 13.2 Å². The van der Waals surface area contributed by atoms with Gasteiger partial charge in [0.1, 0.15) is 17.0 Å². The largest absolute Gasteiger partial charge is 0.457 e. The van der Waals surface area contributed by atoms with Crippen molar-refractivity contribution in [3.63, 3.8) is 0 Å². The second-order valence-electron chi connectivity index (χ2n) is 7.54. The molecule has 0 spiro atoms. The lowest BCUT2D eigenvalue weighted by molar-refractivity contribution is 0.484. The summed E-state index contributed by atoms with van der Waals surface area (Å²) in [7, 11) is -1.77. The van der Waals surface area contributed by atoms with Gasteiger partial charge in [-0.15, -0.1) is 0 Å². The average Bonchev–Trinajstić information content (AvgIpc) is 3.27. The molecule has 4 aromatic rings. The second-order valence-corrected chi connectivity index (χ2v) is 9.56. The van der Waals surface area contributed by atoms with E-state index in [9.17, 15) is 13.2 Å². The number of ether oxygens (including phenoxy) is 1. The van der Waals surface area contributed by atoms with Crippen molar-refractivity contribution in [2.24, 2.45) is 7.05 Å². The molecule has 7 nitrogen and oxygen atoms in total. The zero-order valence-corrected chi connectivity index (χ0v) is 19.0. The highest BCUT2D eigenvalue weighted by Crippen LogP contribution is 2.38. The van der Waals surface area contributed by atoms with Crippen molar-refractivity contribution in [2.75, 3.05) is 10.5 Å². The molecule has 0 saturated heterocycles. The number of hydrogen-bond acceptors (Lipinski definition) is 4. The highest BCUT2D eigenvalue weighted by Gasteiger charge is 2.17. The Morgan fingerprint density at radius 2 is 1.88 bits per heavy atom. The van der Waals surface area contributed by atoms with Crippen molar-refractivity contribution in [3.8, 4) is 22.6 Å².